The Morgan fingerprint density at radius 1 is 1.13 bits per heavy atom. The summed E-state index contributed by atoms with van der Waals surface area (Å²) in [5.41, 5.74) is 0.963. The Morgan fingerprint density at radius 3 is 2.40 bits per heavy atom. The molecule has 0 N–H and O–H groups in total. The van der Waals surface area contributed by atoms with Crippen LogP contribution in [0.15, 0.2) is 42.6 Å². The fourth-order valence-electron chi connectivity index (χ4n) is 3.18. The van der Waals surface area contributed by atoms with E-state index in [4.69, 9.17) is 14.7 Å². The Bertz CT molecular complexity index is 914. The van der Waals surface area contributed by atoms with Crippen LogP contribution in [0.5, 0.6) is 5.75 Å². The molecule has 1 aliphatic rings. The van der Waals surface area contributed by atoms with Crippen LogP contribution in [-0.4, -0.2) is 60.7 Å². The van der Waals surface area contributed by atoms with Crippen LogP contribution in [0.25, 0.3) is 0 Å². The van der Waals surface area contributed by atoms with Gasteiger partial charge in [-0.1, -0.05) is 0 Å². The second kappa shape index (κ2) is 9.74. The summed E-state index contributed by atoms with van der Waals surface area (Å²) in [4.78, 5) is 32.6. The molecule has 8 heteroatoms. The highest BCUT2D eigenvalue weighted by Gasteiger charge is 2.26. The van der Waals surface area contributed by atoms with Crippen molar-refractivity contribution in [3.05, 3.63) is 53.7 Å². The summed E-state index contributed by atoms with van der Waals surface area (Å²) in [7, 11) is 0. The van der Waals surface area contributed by atoms with Crippen molar-refractivity contribution in [3.63, 3.8) is 0 Å². The van der Waals surface area contributed by atoms with E-state index >= 15 is 0 Å². The number of carbonyl (C=O) groups is 2. The molecule has 0 aliphatic carbocycles. The third kappa shape index (κ3) is 5.06. The number of rotatable bonds is 6. The summed E-state index contributed by atoms with van der Waals surface area (Å²) in [5.74, 6) is 0.851. The zero-order valence-corrected chi connectivity index (χ0v) is 17.1. The standard InChI is InChI=1S/C22H24N4O4/c1-3-29-22(28)18-6-9-20(24-15-18)25-10-12-26(13-11-25)21(27)16(2)30-19-7-4-17(14-23)5-8-19/h4-9,15-16H,3,10-13H2,1-2H3. The zero-order chi connectivity index (χ0) is 21.5. The third-order valence-electron chi connectivity index (χ3n) is 4.82. The zero-order valence-electron chi connectivity index (χ0n) is 17.1. The minimum atomic E-state index is -0.619. The molecule has 3 rings (SSSR count). The summed E-state index contributed by atoms with van der Waals surface area (Å²) in [6.45, 7) is 6.20. The molecular weight excluding hydrogens is 384 g/mol. The lowest BCUT2D eigenvalue weighted by atomic mass is 10.2. The van der Waals surface area contributed by atoms with Gasteiger partial charge in [0.15, 0.2) is 6.10 Å². The first-order valence-electron chi connectivity index (χ1n) is 9.85. The van der Waals surface area contributed by atoms with Crippen LogP contribution < -0.4 is 9.64 Å². The first-order chi connectivity index (χ1) is 14.5. The lowest BCUT2D eigenvalue weighted by Crippen LogP contribution is -2.52. The molecule has 1 amide bonds. The summed E-state index contributed by atoms with van der Waals surface area (Å²) >= 11 is 0. The molecule has 1 saturated heterocycles. The van der Waals surface area contributed by atoms with Gasteiger partial charge in [-0.3, -0.25) is 4.79 Å². The number of pyridine rings is 1. The molecule has 156 valence electrons. The predicted molar refractivity (Wildman–Crippen MR) is 110 cm³/mol. The minimum Gasteiger partial charge on any atom is -0.481 e. The molecule has 1 aromatic carbocycles. The number of hydrogen-bond donors (Lipinski definition) is 0. The smallest absolute Gasteiger partial charge is 0.339 e. The molecule has 1 atom stereocenters. The Labute approximate surface area is 175 Å². The van der Waals surface area contributed by atoms with E-state index in [2.05, 4.69) is 16.0 Å². The van der Waals surface area contributed by atoms with E-state index in [0.29, 0.717) is 49.7 Å². The average molecular weight is 408 g/mol. The monoisotopic (exact) mass is 408 g/mol. The number of hydrogen-bond acceptors (Lipinski definition) is 7. The van der Waals surface area contributed by atoms with Gasteiger partial charge in [0.25, 0.3) is 5.91 Å². The number of benzene rings is 1. The molecule has 8 nitrogen and oxygen atoms in total. The van der Waals surface area contributed by atoms with Crippen LogP contribution in [0.4, 0.5) is 5.82 Å². The van der Waals surface area contributed by atoms with Crippen LogP contribution >= 0.6 is 0 Å². The van der Waals surface area contributed by atoms with Crippen LogP contribution in [-0.2, 0) is 9.53 Å². The fraction of sp³-hybridized carbons (Fsp3) is 0.364. The number of amides is 1. The quantitative estimate of drug-likeness (QED) is 0.677. The Kier molecular flexibility index (Phi) is 6.86. The normalized spacial score (nSPS) is 14.6. The van der Waals surface area contributed by atoms with Crippen molar-refractivity contribution in [1.82, 2.24) is 9.88 Å². The molecule has 1 aromatic heterocycles. The van der Waals surface area contributed by atoms with Crippen molar-refractivity contribution in [2.24, 2.45) is 0 Å². The van der Waals surface area contributed by atoms with Crippen molar-refractivity contribution in [3.8, 4) is 11.8 Å². The van der Waals surface area contributed by atoms with Crippen LogP contribution in [0.3, 0.4) is 0 Å². The van der Waals surface area contributed by atoms with Gasteiger partial charge in [0, 0.05) is 32.4 Å². The number of esters is 1. The van der Waals surface area contributed by atoms with E-state index in [1.165, 1.54) is 6.20 Å². The van der Waals surface area contributed by atoms with E-state index in [1.807, 2.05) is 0 Å². The van der Waals surface area contributed by atoms with E-state index in [1.54, 1.807) is 55.1 Å². The van der Waals surface area contributed by atoms with Crippen LogP contribution in [0.2, 0.25) is 0 Å². The largest absolute Gasteiger partial charge is 0.481 e. The molecule has 0 radical (unpaired) electrons. The maximum Gasteiger partial charge on any atom is 0.339 e. The van der Waals surface area contributed by atoms with E-state index in [9.17, 15) is 9.59 Å². The van der Waals surface area contributed by atoms with Crippen molar-refractivity contribution < 1.29 is 19.1 Å². The van der Waals surface area contributed by atoms with Gasteiger partial charge in [-0.05, 0) is 50.2 Å². The van der Waals surface area contributed by atoms with Crippen molar-refractivity contribution >= 4 is 17.7 Å². The minimum absolute atomic E-state index is 0.0790. The summed E-state index contributed by atoms with van der Waals surface area (Å²) in [6.07, 6.45) is 0.893. The summed E-state index contributed by atoms with van der Waals surface area (Å²) in [5, 5.41) is 8.85. The molecule has 2 heterocycles. The number of ether oxygens (including phenoxy) is 2. The number of aromatic nitrogens is 1. The van der Waals surface area contributed by atoms with Gasteiger partial charge in [0.2, 0.25) is 0 Å². The molecule has 0 bridgehead atoms. The molecule has 30 heavy (non-hydrogen) atoms. The number of nitriles is 1. The van der Waals surface area contributed by atoms with Gasteiger partial charge in [-0.2, -0.15) is 5.26 Å². The Hall–Kier alpha value is -3.60. The van der Waals surface area contributed by atoms with Gasteiger partial charge in [-0.25, -0.2) is 9.78 Å². The number of nitrogens with zero attached hydrogens (tertiary/aromatic N) is 4. The number of anilines is 1. The third-order valence-corrected chi connectivity index (χ3v) is 4.82. The molecular formula is C22H24N4O4. The Morgan fingerprint density at radius 2 is 1.83 bits per heavy atom. The van der Waals surface area contributed by atoms with Gasteiger partial charge in [0.05, 0.1) is 23.8 Å². The predicted octanol–water partition coefficient (Wildman–Crippen LogP) is 2.25. The maximum absolute atomic E-state index is 12.7. The summed E-state index contributed by atoms with van der Waals surface area (Å²) < 4.78 is 10.7. The first-order valence-corrected chi connectivity index (χ1v) is 9.85. The van der Waals surface area contributed by atoms with Crippen molar-refractivity contribution in [2.45, 2.75) is 20.0 Å². The van der Waals surface area contributed by atoms with E-state index in [0.717, 1.165) is 5.82 Å². The van der Waals surface area contributed by atoms with Gasteiger partial charge < -0.3 is 19.3 Å². The first kappa shape index (κ1) is 21.1. The summed E-state index contributed by atoms with van der Waals surface area (Å²) in [6, 6.07) is 12.2. The molecule has 1 fully saturated rings. The van der Waals surface area contributed by atoms with E-state index < -0.39 is 6.10 Å². The van der Waals surface area contributed by atoms with Crippen molar-refractivity contribution in [2.75, 3.05) is 37.7 Å². The number of carbonyl (C=O) groups excluding carboxylic acids is 2. The Balaban J connectivity index is 1.52. The average Bonchev–Trinajstić information content (AvgIpc) is 2.79. The molecule has 1 unspecified atom stereocenters. The lowest BCUT2D eigenvalue weighted by Gasteiger charge is -2.36. The second-order valence-electron chi connectivity index (χ2n) is 6.83. The van der Waals surface area contributed by atoms with Gasteiger partial charge in [-0.15, -0.1) is 0 Å². The van der Waals surface area contributed by atoms with Gasteiger partial charge in [0.1, 0.15) is 11.6 Å². The molecule has 1 aliphatic heterocycles. The van der Waals surface area contributed by atoms with E-state index in [-0.39, 0.29) is 11.9 Å². The highest BCUT2D eigenvalue weighted by atomic mass is 16.5. The molecule has 2 aromatic rings. The SMILES string of the molecule is CCOC(=O)c1ccc(N2CCN(C(=O)C(C)Oc3ccc(C#N)cc3)CC2)nc1. The van der Waals surface area contributed by atoms with Gasteiger partial charge >= 0.3 is 5.97 Å². The van der Waals surface area contributed by atoms with Crippen LogP contribution in [0, 0.1) is 11.3 Å². The maximum atomic E-state index is 12.7. The molecule has 0 saturated carbocycles. The topological polar surface area (TPSA) is 95.8 Å². The van der Waals surface area contributed by atoms with Crippen molar-refractivity contribution in [1.29, 1.82) is 5.26 Å². The highest BCUT2D eigenvalue weighted by Crippen LogP contribution is 2.17. The number of piperazine rings is 1. The van der Waals surface area contributed by atoms with Crippen LogP contribution in [0.1, 0.15) is 29.8 Å². The second-order valence-corrected chi connectivity index (χ2v) is 6.83. The molecule has 0 spiro atoms. The highest BCUT2D eigenvalue weighted by molar-refractivity contribution is 5.89. The lowest BCUT2D eigenvalue weighted by molar-refractivity contribution is -0.138. The fourth-order valence-corrected chi connectivity index (χ4v) is 3.18.